The molecule has 29 heavy (non-hydrogen) atoms. The molecule has 0 saturated carbocycles. The van der Waals surface area contributed by atoms with E-state index in [9.17, 15) is 14.7 Å². The van der Waals surface area contributed by atoms with Gasteiger partial charge < -0.3 is 10.4 Å². The number of rotatable bonds is 4. The Kier molecular flexibility index (Phi) is 6.59. The zero-order chi connectivity index (χ0) is 21.2. The maximum Gasteiger partial charge on any atom is 0.261 e. The van der Waals surface area contributed by atoms with Crippen LogP contribution in [-0.2, 0) is 11.3 Å². The molecule has 8 heteroatoms. The molecule has 0 spiro atoms. The summed E-state index contributed by atoms with van der Waals surface area (Å²) in [5.41, 5.74) is 4.11. The van der Waals surface area contributed by atoms with Crippen molar-refractivity contribution in [3.63, 3.8) is 0 Å². The third-order valence-corrected chi connectivity index (χ3v) is 6.01. The van der Waals surface area contributed by atoms with Crippen LogP contribution in [0.5, 0.6) is 0 Å². The number of ketones is 1. The van der Waals surface area contributed by atoms with Gasteiger partial charge in [0.1, 0.15) is 8.07 Å². The number of aromatic nitrogens is 2. The second-order valence-electron chi connectivity index (χ2n) is 8.54. The van der Waals surface area contributed by atoms with Gasteiger partial charge in [-0.15, -0.1) is 5.54 Å². The summed E-state index contributed by atoms with van der Waals surface area (Å²) in [7, 11) is -1.56. The molecular weight excluding hydrogens is 406 g/mol. The van der Waals surface area contributed by atoms with E-state index in [2.05, 4.69) is 41.4 Å². The molecule has 1 aromatic heterocycles. The van der Waals surface area contributed by atoms with Crippen molar-refractivity contribution in [3.05, 3.63) is 39.4 Å². The summed E-state index contributed by atoms with van der Waals surface area (Å²) in [6, 6.07) is 3.04. The average molecular weight is 432 g/mol. The van der Waals surface area contributed by atoms with Crippen LogP contribution >= 0.6 is 11.6 Å². The SMILES string of the molecule is C[Si](C)(C)C#Cc1cc2ncn(CC(=O)CC3NCCCC3O)c(=O)c2cc1Cl. The van der Waals surface area contributed by atoms with Gasteiger partial charge in [-0.1, -0.05) is 37.2 Å². The Hall–Kier alpha value is -1.98. The number of halogens is 1. The maximum absolute atomic E-state index is 12.8. The van der Waals surface area contributed by atoms with Crippen LogP contribution in [0, 0.1) is 11.5 Å². The van der Waals surface area contributed by atoms with Crippen molar-refractivity contribution in [3.8, 4) is 11.5 Å². The first kappa shape index (κ1) is 21.7. The fourth-order valence-electron chi connectivity index (χ4n) is 3.29. The van der Waals surface area contributed by atoms with E-state index in [1.165, 1.54) is 10.9 Å². The van der Waals surface area contributed by atoms with Crippen molar-refractivity contribution >= 4 is 36.4 Å². The van der Waals surface area contributed by atoms with Crippen molar-refractivity contribution in [1.29, 1.82) is 0 Å². The van der Waals surface area contributed by atoms with E-state index in [1.807, 2.05) is 0 Å². The van der Waals surface area contributed by atoms with Gasteiger partial charge in [-0.3, -0.25) is 14.2 Å². The number of hydrogen-bond acceptors (Lipinski definition) is 5. The molecule has 1 aromatic carbocycles. The Morgan fingerprint density at radius 1 is 1.41 bits per heavy atom. The Bertz CT molecular complexity index is 1050. The van der Waals surface area contributed by atoms with Crippen LogP contribution in [0.25, 0.3) is 10.9 Å². The highest BCUT2D eigenvalue weighted by Gasteiger charge is 2.25. The van der Waals surface area contributed by atoms with Gasteiger partial charge in [0.2, 0.25) is 0 Å². The number of aliphatic hydroxyl groups is 1. The monoisotopic (exact) mass is 431 g/mol. The molecule has 6 nitrogen and oxygen atoms in total. The standard InChI is InChI=1S/C21H26ClN3O3Si/c1-29(2,3)8-6-14-9-18-16(11-17(14)22)21(28)25(13-24-18)12-15(26)10-19-20(27)5-4-7-23-19/h9,11,13,19-20,23,27H,4-5,7,10,12H2,1-3H3. The molecule has 2 unspecified atom stereocenters. The Morgan fingerprint density at radius 3 is 2.86 bits per heavy atom. The predicted molar refractivity (Wildman–Crippen MR) is 118 cm³/mol. The van der Waals surface area contributed by atoms with E-state index < -0.39 is 14.2 Å². The minimum atomic E-state index is -1.56. The molecule has 2 N–H and O–H groups in total. The zero-order valence-electron chi connectivity index (χ0n) is 17.0. The number of piperidine rings is 1. The number of fused-ring (bicyclic) bond motifs is 1. The predicted octanol–water partition coefficient (Wildman–Crippen LogP) is 2.35. The number of Topliss-reactive ketones (excluding diaryl/α,β-unsaturated/α-hetero) is 1. The van der Waals surface area contributed by atoms with E-state index in [0.717, 1.165) is 13.0 Å². The third-order valence-electron chi connectivity index (χ3n) is 4.83. The van der Waals surface area contributed by atoms with Gasteiger partial charge in [0.05, 0.1) is 34.9 Å². The molecule has 1 aliphatic rings. The highest BCUT2D eigenvalue weighted by molar-refractivity contribution is 6.83. The summed E-state index contributed by atoms with van der Waals surface area (Å²) >= 11 is 6.34. The largest absolute Gasteiger partial charge is 0.391 e. The summed E-state index contributed by atoms with van der Waals surface area (Å²) in [6.07, 6.45) is 2.61. The summed E-state index contributed by atoms with van der Waals surface area (Å²) in [5, 5.41) is 13.9. The molecule has 0 amide bonds. The molecule has 0 bridgehead atoms. The Labute approximate surface area is 176 Å². The topological polar surface area (TPSA) is 84.2 Å². The van der Waals surface area contributed by atoms with Crippen LogP contribution in [0.1, 0.15) is 24.8 Å². The Morgan fingerprint density at radius 2 is 2.17 bits per heavy atom. The number of hydrogen-bond donors (Lipinski definition) is 2. The number of benzene rings is 1. The first-order valence-corrected chi connectivity index (χ1v) is 13.7. The van der Waals surface area contributed by atoms with Crippen LogP contribution < -0.4 is 10.9 Å². The lowest BCUT2D eigenvalue weighted by Crippen LogP contribution is -2.46. The van der Waals surface area contributed by atoms with E-state index in [-0.39, 0.29) is 30.3 Å². The van der Waals surface area contributed by atoms with Crippen LogP contribution in [0.4, 0.5) is 0 Å². The second-order valence-corrected chi connectivity index (χ2v) is 13.7. The highest BCUT2D eigenvalue weighted by atomic mass is 35.5. The molecule has 2 heterocycles. The molecule has 1 fully saturated rings. The van der Waals surface area contributed by atoms with Gasteiger partial charge in [-0.2, -0.15) is 0 Å². The first-order chi connectivity index (χ1) is 13.6. The lowest BCUT2D eigenvalue weighted by atomic mass is 9.97. The summed E-state index contributed by atoms with van der Waals surface area (Å²) in [5.74, 6) is 2.98. The summed E-state index contributed by atoms with van der Waals surface area (Å²) in [4.78, 5) is 29.6. The van der Waals surface area contributed by atoms with Crippen molar-refractivity contribution in [2.75, 3.05) is 6.54 Å². The van der Waals surface area contributed by atoms with Gasteiger partial charge in [0.25, 0.3) is 5.56 Å². The van der Waals surface area contributed by atoms with Crippen LogP contribution in [-0.4, -0.2) is 47.2 Å². The molecule has 0 radical (unpaired) electrons. The minimum Gasteiger partial charge on any atom is -0.391 e. The van der Waals surface area contributed by atoms with E-state index in [4.69, 9.17) is 11.6 Å². The molecule has 154 valence electrons. The average Bonchev–Trinajstić information content (AvgIpc) is 2.64. The first-order valence-electron chi connectivity index (χ1n) is 9.79. The van der Waals surface area contributed by atoms with E-state index >= 15 is 0 Å². The zero-order valence-corrected chi connectivity index (χ0v) is 18.7. The molecule has 0 aliphatic carbocycles. The molecule has 2 atom stereocenters. The number of aliphatic hydroxyl groups excluding tert-OH is 1. The van der Waals surface area contributed by atoms with E-state index in [1.54, 1.807) is 12.1 Å². The minimum absolute atomic E-state index is 0.0819. The van der Waals surface area contributed by atoms with Gasteiger partial charge in [-0.05, 0) is 31.5 Å². The van der Waals surface area contributed by atoms with Crippen LogP contribution in [0.3, 0.4) is 0 Å². The van der Waals surface area contributed by atoms with Crippen molar-refractivity contribution in [2.45, 2.75) is 57.6 Å². The fourth-order valence-corrected chi connectivity index (χ4v) is 4.01. The number of carbonyl (C=O) groups is 1. The molecular formula is C21H26ClN3O3Si. The van der Waals surface area contributed by atoms with Gasteiger partial charge in [0.15, 0.2) is 5.78 Å². The van der Waals surface area contributed by atoms with Crippen LogP contribution in [0.2, 0.25) is 24.7 Å². The smallest absolute Gasteiger partial charge is 0.261 e. The lowest BCUT2D eigenvalue weighted by molar-refractivity contribution is -0.121. The van der Waals surface area contributed by atoms with Crippen LogP contribution in [0.15, 0.2) is 23.3 Å². The number of nitrogens with one attached hydrogen (secondary N) is 1. The number of nitrogens with zero attached hydrogens (tertiary/aromatic N) is 2. The second kappa shape index (κ2) is 8.80. The van der Waals surface area contributed by atoms with Crippen molar-refractivity contribution in [2.24, 2.45) is 0 Å². The quantitative estimate of drug-likeness (QED) is 0.573. The molecule has 2 aromatic rings. The Balaban J connectivity index is 1.83. The third kappa shape index (κ3) is 5.55. The van der Waals surface area contributed by atoms with Gasteiger partial charge in [-0.25, -0.2) is 4.98 Å². The molecule has 1 aliphatic heterocycles. The fraction of sp³-hybridized carbons (Fsp3) is 0.476. The lowest BCUT2D eigenvalue weighted by Gasteiger charge is -2.28. The van der Waals surface area contributed by atoms with E-state index in [0.29, 0.717) is 27.9 Å². The normalized spacial score (nSPS) is 19.6. The highest BCUT2D eigenvalue weighted by Crippen LogP contribution is 2.20. The summed E-state index contributed by atoms with van der Waals surface area (Å²) in [6.45, 7) is 7.13. The summed E-state index contributed by atoms with van der Waals surface area (Å²) < 4.78 is 1.30. The van der Waals surface area contributed by atoms with Gasteiger partial charge >= 0.3 is 0 Å². The number of carbonyl (C=O) groups excluding carboxylic acids is 1. The van der Waals surface area contributed by atoms with Crippen molar-refractivity contribution in [1.82, 2.24) is 14.9 Å². The molecule has 3 rings (SSSR count). The van der Waals surface area contributed by atoms with Crippen molar-refractivity contribution < 1.29 is 9.90 Å². The molecule has 1 saturated heterocycles. The van der Waals surface area contributed by atoms with Gasteiger partial charge in [0, 0.05) is 18.0 Å². The maximum atomic E-state index is 12.8.